The minimum atomic E-state index is -0.653. The van der Waals surface area contributed by atoms with Gasteiger partial charge >= 0.3 is 5.97 Å². The second kappa shape index (κ2) is 12.3. The summed E-state index contributed by atoms with van der Waals surface area (Å²) in [6.45, 7) is 5.77. The first kappa shape index (κ1) is 29.1. The lowest BCUT2D eigenvalue weighted by Crippen LogP contribution is -2.40. The van der Waals surface area contributed by atoms with Crippen molar-refractivity contribution in [2.24, 2.45) is 4.99 Å². The Hall–Kier alpha value is -4.95. The molecule has 1 aliphatic rings. The summed E-state index contributed by atoms with van der Waals surface area (Å²) >= 11 is 1.28. The third-order valence-electron chi connectivity index (χ3n) is 7.45. The van der Waals surface area contributed by atoms with Gasteiger partial charge in [0.1, 0.15) is 6.61 Å². The largest absolute Gasteiger partial charge is 0.493 e. The predicted molar refractivity (Wildman–Crippen MR) is 173 cm³/mol. The van der Waals surface area contributed by atoms with Crippen LogP contribution in [0.4, 0.5) is 0 Å². The Labute approximate surface area is 259 Å². The summed E-state index contributed by atoms with van der Waals surface area (Å²) in [6.07, 6.45) is 1.51. The molecule has 4 aromatic carbocycles. The Kier molecular flexibility index (Phi) is 8.17. The van der Waals surface area contributed by atoms with Gasteiger partial charge in [0.2, 0.25) is 0 Å². The molecule has 8 heteroatoms. The van der Waals surface area contributed by atoms with Crippen molar-refractivity contribution in [2.75, 3.05) is 7.11 Å². The van der Waals surface area contributed by atoms with E-state index in [1.165, 1.54) is 11.3 Å². The number of hydrogen-bond acceptors (Lipinski definition) is 7. The van der Waals surface area contributed by atoms with Crippen LogP contribution in [-0.4, -0.2) is 23.8 Å². The summed E-state index contributed by atoms with van der Waals surface area (Å²) in [5.74, 6) is 0.684. The zero-order valence-corrected chi connectivity index (χ0v) is 25.8. The highest BCUT2D eigenvalue weighted by Crippen LogP contribution is 2.32. The van der Waals surface area contributed by atoms with Crippen molar-refractivity contribution in [1.82, 2.24) is 4.57 Å². The summed E-state index contributed by atoms with van der Waals surface area (Å²) in [4.78, 5) is 32.4. The molecule has 0 spiro atoms. The third-order valence-corrected chi connectivity index (χ3v) is 8.43. The van der Waals surface area contributed by atoms with Crippen molar-refractivity contribution < 1.29 is 19.0 Å². The molecule has 222 valence electrons. The molecular formula is C36H32N2O5S. The van der Waals surface area contributed by atoms with Gasteiger partial charge in [0.25, 0.3) is 5.56 Å². The Bertz CT molecular complexity index is 2070. The van der Waals surface area contributed by atoms with Crippen molar-refractivity contribution in [3.8, 4) is 11.5 Å². The van der Waals surface area contributed by atoms with E-state index in [2.05, 4.69) is 29.3 Å². The fourth-order valence-corrected chi connectivity index (χ4v) is 6.48. The van der Waals surface area contributed by atoms with E-state index in [9.17, 15) is 9.59 Å². The number of allylic oxidation sites excluding steroid dienone is 1. The highest BCUT2D eigenvalue weighted by atomic mass is 32.1. The number of nitrogens with zero attached hydrogens (tertiary/aromatic N) is 2. The SMILES string of the molecule is COc1cc(C=c2sc3n(c2=O)C(c2ccccc2)C(C(=O)OC(C)C)=C(C)N=3)ccc1OCc1cccc2ccccc12. The third kappa shape index (κ3) is 5.68. The van der Waals surface area contributed by atoms with Gasteiger partial charge in [-0.05, 0) is 66.4 Å². The minimum Gasteiger partial charge on any atom is -0.493 e. The second-order valence-corrected chi connectivity index (χ2v) is 11.8. The van der Waals surface area contributed by atoms with Crippen LogP contribution in [0.5, 0.6) is 11.5 Å². The molecule has 1 aromatic heterocycles. The summed E-state index contributed by atoms with van der Waals surface area (Å²) in [7, 11) is 1.60. The van der Waals surface area contributed by atoms with E-state index < -0.39 is 12.0 Å². The van der Waals surface area contributed by atoms with E-state index in [4.69, 9.17) is 14.2 Å². The monoisotopic (exact) mass is 604 g/mol. The normalized spacial score (nSPS) is 14.8. The number of hydrogen-bond donors (Lipinski definition) is 0. The number of rotatable bonds is 8. The Morgan fingerprint density at radius 3 is 2.50 bits per heavy atom. The predicted octanol–water partition coefficient (Wildman–Crippen LogP) is 5.93. The number of carbonyl (C=O) groups is 1. The molecule has 5 aromatic rings. The highest BCUT2D eigenvalue weighted by molar-refractivity contribution is 7.07. The lowest BCUT2D eigenvalue weighted by atomic mass is 9.96. The first-order valence-corrected chi connectivity index (χ1v) is 15.2. The van der Waals surface area contributed by atoms with Gasteiger partial charge in [-0.3, -0.25) is 9.36 Å². The van der Waals surface area contributed by atoms with Crippen molar-refractivity contribution >= 4 is 34.2 Å². The molecule has 1 aliphatic heterocycles. The quantitative estimate of drug-likeness (QED) is 0.205. The lowest BCUT2D eigenvalue weighted by molar-refractivity contribution is -0.143. The Balaban J connectivity index is 1.35. The van der Waals surface area contributed by atoms with Crippen molar-refractivity contribution in [3.05, 3.63) is 139 Å². The van der Waals surface area contributed by atoms with E-state index in [0.717, 1.165) is 27.5 Å². The Morgan fingerprint density at radius 2 is 1.73 bits per heavy atom. The van der Waals surface area contributed by atoms with E-state index in [-0.39, 0.29) is 11.7 Å². The number of esters is 1. The number of ether oxygens (including phenoxy) is 3. The summed E-state index contributed by atoms with van der Waals surface area (Å²) in [6, 6.07) is 28.8. The van der Waals surface area contributed by atoms with Crippen LogP contribution < -0.4 is 24.4 Å². The van der Waals surface area contributed by atoms with E-state index in [0.29, 0.717) is 38.7 Å². The highest BCUT2D eigenvalue weighted by Gasteiger charge is 2.33. The molecule has 0 saturated carbocycles. The number of benzene rings is 4. The van der Waals surface area contributed by atoms with Gasteiger partial charge in [-0.2, -0.15) is 0 Å². The van der Waals surface area contributed by atoms with Crippen LogP contribution in [0.15, 0.2) is 112 Å². The van der Waals surface area contributed by atoms with Crippen LogP contribution in [-0.2, 0) is 16.1 Å². The fourth-order valence-electron chi connectivity index (χ4n) is 5.43. The molecule has 1 atom stereocenters. The number of aromatic nitrogens is 1. The summed E-state index contributed by atoms with van der Waals surface area (Å²) < 4.78 is 19.5. The van der Waals surface area contributed by atoms with Crippen LogP contribution in [0.2, 0.25) is 0 Å². The first-order valence-electron chi connectivity index (χ1n) is 14.4. The van der Waals surface area contributed by atoms with Gasteiger partial charge in [-0.15, -0.1) is 0 Å². The average molecular weight is 605 g/mol. The molecule has 0 aliphatic carbocycles. The van der Waals surface area contributed by atoms with E-state index >= 15 is 0 Å². The molecule has 0 N–H and O–H groups in total. The first-order chi connectivity index (χ1) is 21.3. The topological polar surface area (TPSA) is 79.1 Å². The maximum Gasteiger partial charge on any atom is 0.338 e. The molecule has 6 rings (SSSR count). The van der Waals surface area contributed by atoms with Crippen LogP contribution in [0.25, 0.3) is 16.8 Å². The van der Waals surface area contributed by atoms with Gasteiger partial charge in [-0.25, -0.2) is 9.79 Å². The molecule has 1 unspecified atom stereocenters. The molecule has 0 bridgehead atoms. The maximum absolute atomic E-state index is 13.9. The van der Waals surface area contributed by atoms with Crippen LogP contribution in [0, 0.1) is 0 Å². The number of fused-ring (bicyclic) bond motifs is 2. The summed E-state index contributed by atoms with van der Waals surface area (Å²) in [5, 5.41) is 2.30. The summed E-state index contributed by atoms with van der Waals surface area (Å²) in [5.41, 5.74) is 3.32. The number of carbonyl (C=O) groups excluding carboxylic acids is 1. The van der Waals surface area contributed by atoms with Gasteiger partial charge in [0, 0.05) is 0 Å². The van der Waals surface area contributed by atoms with Gasteiger partial charge < -0.3 is 14.2 Å². The Morgan fingerprint density at radius 1 is 0.977 bits per heavy atom. The fraction of sp³-hybridized carbons (Fsp3) is 0.194. The zero-order chi connectivity index (χ0) is 30.8. The van der Waals surface area contributed by atoms with Crippen molar-refractivity contribution in [2.45, 2.75) is 39.5 Å². The van der Waals surface area contributed by atoms with Crippen molar-refractivity contribution in [3.63, 3.8) is 0 Å². The minimum absolute atomic E-state index is 0.236. The van der Waals surface area contributed by atoms with Crippen LogP contribution in [0.3, 0.4) is 0 Å². The second-order valence-electron chi connectivity index (χ2n) is 10.8. The van der Waals surface area contributed by atoms with Gasteiger partial charge in [0.15, 0.2) is 16.3 Å². The zero-order valence-electron chi connectivity index (χ0n) is 24.9. The van der Waals surface area contributed by atoms with Gasteiger partial charge in [-0.1, -0.05) is 90.2 Å². The standard InChI is InChI=1S/C36H32N2O5S/c1-22(2)43-35(40)32-23(3)37-36-38(33(32)26-12-6-5-7-13-26)34(39)31(44-36)20-24-17-18-29(30(19-24)41-4)42-21-27-15-10-14-25-11-8-9-16-28(25)27/h5-20,22,33H,21H2,1-4H3. The molecule has 0 fully saturated rings. The molecule has 0 amide bonds. The molecule has 0 radical (unpaired) electrons. The molecule has 2 heterocycles. The molecule has 0 saturated heterocycles. The van der Waals surface area contributed by atoms with Crippen LogP contribution in [0.1, 0.15) is 43.5 Å². The van der Waals surface area contributed by atoms with E-state index in [1.54, 1.807) is 32.4 Å². The maximum atomic E-state index is 13.9. The number of thiazole rings is 1. The van der Waals surface area contributed by atoms with E-state index in [1.807, 2.05) is 72.8 Å². The smallest absolute Gasteiger partial charge is 0.338 e. The van der Waals surface area contributed by atoms with Crippen LogP contribution >= 0.6 is 11.3 Å². The number of methoxy groups -OCH3 is 1. The van der Waals surface area contributed by atoms with Crippen molar-refractivity contribution in [1.29, 1.82) is 0 Å². The molecule has 7 nitrogen and oxygen atoms in total. The van der Waals surface area contributed by atoms with Gasteiger partial charge in [0.05, 0.1) is 35.1 Å². The average Bonchev–Trinajstić information content (AvgIpc) is 3.33. The molecule has 44 heavy (non-hydrogen) atoms. The lowest BCUT2D eigenvalue weighted by Gasteiger charge is -2.25. The molecular weight excluding hydrogens is 572 g/mol.